The molecule has 0 aliphatic heterocycles. The summed E-state index contributed by atoms with van der Waals surface area (Å²) in [4.78, 5) is 32.0. The van der Waals surface area contributed by atoms with E-state index in [0.717, 1.165) is 16.9 Å². The number of aromatic amines is 1. The Labute approximate surface area is 217 Å². The Morgan fingerprint density at radius 2 is 1.68 bits per heavy atom. The number of rotatable bonds is 8. The summed E-state index contributed by atoms with van der Waals surface area (Å²) in [6.45, 7) is 0. The molecule has 0 bridgehead atoms. The number of fused-ring (bicyclic) bond motifs is 1. The predicted octanol–water partition coefficient (Wildman–Crippen LogP) is 4.53. The zero-order valence-corrected chi connectivity index (χ0v) is 20.6. The molecular weight excluding hydrogens is 486 g/mol. The predicted molar refractivity (Wildman–Crippen MR) is 141 cm³/mol. The molecule has 10 heteroatoms. The van der Waals surface area contributed by atoms with E-state index in [1.165, 1.54) is 12.1 Å². The molecule has 0 spiro atoms. The number of carbonyl (C=O) groups excluding carboxylic acids is 1. The fraction of sp³-hybridized carbons (Fsp3) is 0.0714. The number of aromatic carboxylic acids is 1. The molecule has 3 aromatic carbocycles. The topological polar surface area (TPSA) is 130 Å². The summed E-state index contributed by atoms with van der Waals surface area (Å²) in [6, 6.07) is 18.6. The van der Waals surface area contributed by atoms with Crippen LogP contribution < -0.4 is 24.5 Å². The molecule has 2 aromatic heterocycles. The van der Waals surface area contributed by atoms with Crippen molar-refractivity contribution in [3.8, 4) is 22.8 Å². The first kappa shape index (κ1) is 24.3. The van der Waals surface area contributed by atoms with Crippen LogP contribution >= 0.6 is 0 Å². The van der Waals surface area contributed by atoms with Crippen LogP contribution in [0.1, 0.15) is 20.7 Å². The Kier molecular flexibility index (Phi) is 6.60. The number of nitrogens with one attached hydrogen (secondary N) is 3. The average Bonchev–Trinajstić information content (AvgIpc) is 3.42. The lowest BCUT2D eigenvalue weighted by molar-refractivity contribution is -0.509. The number of hydrogen-bond donors (Lipinski definition) is 4. The van der Waals surface area contributed by atoms with Gasteiger partial charge in [0.05, 0.1) is 19.8 Å². The minimum atomic E-state index is -1.03. The minimum absolute atomic E-state index is 0.145. The number of hydrogen-bond acceptors (Lipinski definition) is 6. The molecule has 0 saturated carbocycles. The number of H-pyrrole nitrogens is 1. The number of nitrogens with zero attached hydrogens (tertiary/aromatic N) is 2. The summed E-state index contributed by atoms with van der Waals surface area (Å²) in [6.07, 6.45) is 5.55. The van der Waals surface area contributed by atoms with Crippen LogP contribution in [0.4, 0.5) is 17.2 Å². The summed E-state index contributed by atoms with van der Waals surface area (Å²) in [5.41, 5.74) is 3.96. The maximum absolute atomic E-state index is 12.9. The quantitative estimate of drug-likeness (QED) is 0.226. The fourth-order valence-corrected chi connectivity index (χ4v) is 3.97. The minimum Gasteiger partial charge on any atom is -0.493 e. The van der Waals surface area contributed by atoms with Gasteiger partial charge in [-0.2, -0.15) is 4.40 Å². The highest BCUT2D eigenvalue weighted by atomic mass is 16.5. The molecule has 0 saturated heterocycles. The summed E-state index contributed by atoms with van der Waals surface area (Å²) in [5, 5.41) is 15.2. The first-order valence-electron chi connectivity index (χ1n) is 11.6. The largest absolute Gasteiger partial charge is 0.493 e. The lowest BCUT2D eigenvalue weighted by Crippen LogP contribution is -2.21. The fourth-order valence-electron chi connectivity index (χ4n) is 3.97. The van der Waals surface area contributed by atoms with E-state index in [4.69, 9.17) is 19.6 Å². The molecule has 0 fully saturated rings. The first-order chi connectivity index (χ1) is 18.4. The number of imidazole rings is 1. The highest BCUT2D eigenvalue weighted by Gasteiger charge is 2.17. The Morgan fingerprint density at radius 1 is 0.921 bits per heavy atom. The molecule has 10 nitrogen and oxygen atoms in total. The third-order valence-electron chi connectivity index (χ3n) is 5.89. The van der Waals surface area contributed by atoms with Crippen LogP contribution in [-0.2, 0) is 0 Å². The molecule has 190 valence electrons. The maximum Gasteiger partial charge on any atom is 0.335 e. The van der Waals surface area contributed by atoms with Crippen molar-refractivity contribution in [1.29, 1.82) is 0 Å². The lowest BCUT2D eigenvalue weighted by atomic mass is 10.1. The Hall–Kier alpha value is -5.38. The first-order valence-corrected chi connectivity index (χ1v) is 11.6. The van der Waals surface area contributed by atoms with Crippen LogP contribution in [0.25, 0.3) is 16.9 Å². The van der Waals surface area contributed by atoms with Gasteiger partial charge in [0.2, 0.25) is 5.82 Å². The van der Waals surface area contributed by atoms with E-state index in [-0.39, 0.29) is 11.5 Å². The van der Waals surface area contributed by atoms with Gasteiger partial charge >= 0.3 is 11.6 Å². The Bertz CT molecular complexity index is 1650. The SMILES string of the molecule is COc1ccc(Nc2nc(-c3cccc(C(=O)Nc4ccc(C(=O)O)cc4)c3)c[n+]3cc[nH]c23)cc1OC. The molecule has 0 radical (unpaired) electrons. The molecule has 4 N–H and O–H groups in total. The smallest absolute Gasteiger partial charge is 0.335 e. The van der Waals surface area contributed by atoms with E-state index in [1.54, 1.807) is 56.8 Å². The second-order valence-electron chi connectivity index (χ2n) is 8.30. The van der Waals surface area contributed by atoms with Gasteiger partial charge in [-0.05, 0) is 48.5 Å². The average molecular weight is 511 g/mol. The second-order valence-corrected chi connectivity index (χ2v) is 8.30. The summed E-state index contributed by atoms with van der Waals surface area (Å²) in [5.74, 6) is 0.426. The van der Waals surface area contributed by atoms with E-state index in [9.17, 15) is 9.59 Å². The standard InChI is InChI=1S/C28H23N5O5/c1-37-23-11-10-21(15-24(23)38-2)30-25-26-29-12-13-33(26)16-22(32-25)18-4-3-5-19(14-18)27(34)31-20-8-6-17(7-9-20)28(35)36/h3-16H,1-2H3,(H3,30,31,32,34,35,36)/p+1. The van der Waals surface area contributed by atoms with Crippen molar-refractivity contribution in [2.24, 2.45) is 0 Å². The number of benzene rings is 3. The molecule has 0 aliphatic rings. The van der Waals surface area contributed by atoms with E-state index < -0.39 is 5.97 Å². The summed E-state index contributed by atoms with van der Waals surface area (Å²) in [7, 11) is 3.16. The van der Waals surface area contributed by atoms with Crippen molar-refractivity contribution in [2.75, 3.05) is 24.9 Å². The van der Waals surface area contributed by atoms with Crippen LogP contribution in [0, 0.1) is 0 Å². The van der Waals surface area contributed by atoms with Gasteiger partial charge in [-0.1, -0.05) is 12.1 Å². The third-order valence-corrected chi connectivity index (χ3v) is 5.89. The van der Waals surface area contributed by atoms with Crippen LogP contribution in [0.3, 0.4) is 0 Å². The molecule has 0 atom stereocenters. The number of amides is 1. The number of carboxylic acids is 1. The van der Waals surface area contributed by atoms with Crippen LogP contribution in [0.15, 0.2) is 85.3 Å². The molecular formula is C28H24N5O5+. The van der Waals surface area contributed by atoms with Crippen LogP contribution in [0.5, 0.6) is 11.5 Å². The molecule has 0 aliphatic carbocycles. The second kappa shape index (κ2) is 10.3. The number of methoxy groups -OCH3 is 2. The molecule has 1 amide bonds. The number of carbonyl (C=O) groups is 2. The van der Waals surface area contributed by atoms with Gasteiger partial charge in [0, 0.05) is 28.6 Å². The lowest BCUT2D eigenvalue weighted by Gasteiger charge is -2.11. The van der Waals surface area contributed by atoms with Gasteiger partial charge in [0.15, 0.2) is 11.5 Å². The van der Waals surface area contributed by atoms with E-state index in [1.807, 2.05) is 35.0 Å². The number of aromatic nitrogens is 3. The van der Waals surface area contributed by atoms with Crippen molar-refractivity contribution in [3.05, 3.63) is 96.4 Å². The van der Waals surface area contributed by atoms with Gasteiger partial charge in [0.1, 0.15) is 24.3 Å². The van der Waals surface area contributed by atoms with Crippen molar-refractivity contribution < 1.29 is 28.6 Å². The Balaban J connectivity index is 1.44. The van der Waals surface area contributed by atoms with E-state index >= 15 is 0 Å². The van der Waals surface area contributed by atoms with Gasteiger partial charge in [-0.25, -0.2) is 14.8 Å². The summed E-state index contributed by atoms with van der Waals surface area (Å²) >= 11 is 0. The molecule has 0 unspecified atom stereocenters. The zero-order chi connectivity index (χ0) is 26.6. The highest BCUT2D eigenvalue weighted by molar-refractivity contribution is 6.05. The van der Waals surface area contributed by atoms with Crippen molar-refractivity contribution in [1.82, 2.24) is 9.97 Å². The van der Waals surface area contributed by atoms with Crippen LogP contribution in [-0.4, -0.2) is 41.2 Å². The van der Waals surface area contributed by atoms with Crippen molar-refractivity contribution >= 4 is 34.7 Å². The number of carboxylic acid groups (broad SMARTS) is 1. The third kappa shape index (κ3) is 4.96. The molecule has 38 heavy (non-hydrogen) atoms. The highest BCUT2D eigenvalue weighted by Crippen LogP contribution is 2.31. The van der Waals surface area contributed by atoms with Crippen molar-refractivity contribution in [2.45, 2.75) is 0 Å². The molecule has 5 rings (SSSR count). The maximum atomic E-state index is 12.9. The number of anilines is 3. The van der Waals surface area contributed by atoms with Gasteiger partial charge in [-0.3, -0.25) is 4.79 Å². The van der Waals surface area contributed by atoms with Gasteiger partial charge < -0.3 is 25.2 Å². The molecule has 5 aromatic rings. The monoisotopic (exact) mass is 510 g/mol. The van der Waals surface area contributed by atoms with Crippen LogP contribution in [0.2, 0.25) is 0 Å². The van der Waals surface area contributed by atoms with Crippen molar-refractivity contribution in [3.63, 3.8) is 0 Å². The van der Waals surface area contributed by atoms with E-state index in [0.29, 0.717) is 34.3 Å². The number of ether oxygens (including phenoxy) is 2. The Morgan fingerprint density at radius 3 is 2.42 bits per heavy atom. The van der Waals surface area contributed by atoms with Gasteiger partial charge in [0.25, 0.3) is 5.91 Å². The zero-order valence-electron chi connectivity index (χ0n) is 20.6. The summed E-state index contributed by atoms with van der Waals surface area (Å²) < 4.78 is 12.6. The molecule has 2 heterocycles. The normalized spacial score (nSPS) is 10.7. The van der Waals surface area contributed by atoms with E-state index in [2.05, 4.69) is 15.6 Å². The van der Waals surface area contributed by atoms with Gasteiger partial charge in [-0.15, -0.1) is 0 Å².